The Bertz CT molecular complexity index is 3670. The zero-order valence-electron chi connectivity index (χ0n) is 43.1. The van der Waals surface area contributed by atoms with Crippen molar-refractivity contribution in [1.82, 2.24) is 54.6 Å². The normalized spacial score (nSPS) is 16.1. The molecule has 0 aliphatic carbocycles. The summed E-state index contributed by atoms with van der Waals surface area (Å²) in [5.41, 5.74) is 5.47. The van der Waals surface area contributed by atoms with E-state index >= 15 is 0 Å². The van der Waals surface area contributed by atoms with E-state index in [-0.39, 0.29) is 5.56 Å². The summed E-state index contributed by atoms with van der Waals surface area (Å²) in [5.74, 6) is 4.02. The lowest BCUT2D eigenvalue weighted by Gasteiger charge is -2.26. The second-order valence-electron chi connectivity index (χ2n) is 20.6. The van der Waals surface area contributed by atoms with Crippen molar-refractivity contribution in [1.29, 1.82) is 0 Å². The molecule has 3 saturated heterocycles. The van der Waals surface area contributed by atoms with Crippen LogP contribution >= 0.6 is 0 Å². The van der Waals surface area contributed by atoms with Crippen LogP contribution in [0.15, 0.2) is 97.1 Å². The zero-order chi connectivity index (χ0) is 51.7. The molecule has 0 spiro atoms. The third kappa shape index (κ3) is 10.5. The monoisotopic (exact) mass is 1030 g/mol. The van der Waals surface area contributed by atoms with Gasteiger partial charge in [-0.25, -0.2) is 34.7 Å². The van der Waals surface area contributed by atoms with Gasteiger partial charge in [0.15, 0.2) is 23.3 Å². The first-order valence-electron chi connectivity index (χ1n) is 27.4. The Morgan fingerprint density at radius 2 is 0.766 bits per heavy atom. The Morgan fingerprint density at radius 1 is 0.403 bits per heavy atom. The number of ether oxygens (including phenoxy) is 4. The maximum absolute atomic E-state index is 11.6. The molecular formula is C60H61N11O6. The second kappa shape index (κ2) is 21.6. The third-order valence-electron chi connectivity index (χ3n) is 15.4. The lowest BCUT2D eigenvalue weighted by Crippen LogP contribution is -2.33. The van der Waals surface area contributed by atoms with Gasteiger partial charge < -0.3 is 34.0 Å². The Kier molecular flexibility index (Phi) is 13.6. The van der Waals surface area contributed by atoms with Gasteiger partial charge in [-0.05, 0) is 175 Å². The molecule has 17 heteroatoms. The van der Waals surface area contributed by atoms with Crippen molar-refractivity contribution in [3.8, 4) is 74.3 Å². The molecule has 5 aliphatic rings. The van der Waals surface area contributed by atoms with E-state index in [0.717, 1.165) is 109 Å². The highest BCUT2D eigenvalue weighted by Gasteiger charge is 2.25. The Balaban J connectivity index is 0.971. The quantitative estimate of drug-likeness (QED) is 0.0877. The molecule has 17 nitrogen and oxygen atoms in total. The van der Waals surface area contributed by atoms with Crippen molar-refractivity contribution in [2.24, 2.45) is 0 Å². The largest absolute Gasteiger partial charge is 0.492 e. The lowest BCUT2D eigenvalue weighted by atomic mass is 10.1. The summed E-state index contributed by atoms with van der Waals surface area (Å²) >= 11 is 0. The average Bonchev–Trinajstić information content (AvgIpc) is 4.27. The van der Waals surface area contributed by atoms with Gasteiger partial charge in [-0.15, -0.1) is 0 Å². The summed E-state index contributed by atoms with van der Waals surface area (Å²) in [4.78, 5) is 57.9. The fourth-order valence-corrected chi connectivity index (χ4v) is 11.3. The molecule has 5 aliphatic heterocycles. The number of hydrogen-bond acceptors (Lipinski definition) is 14. The number of rotatable bonds is 15. The Morgan fingerprint density at radius 3 is 1.21 bits per heavy atom. The predicted molar refractivity (Wildman–Crippen MR) is 297 cm³/mol. The minimum Gasteiger partial charge on any atom is -0.492 e. The summed E-state index contributed by atoms with van der Waals surface area (Å²) in [6.45, 7) is 10.9. The van der Waals surface area contributed by atoms with Gasteiger partial charge in [0.2, 0.25) is 0 Å². The number of likely N-dealkylation sites (tertiary alicyclic amines) is 3. The first kappa shape index (κ1) is 48.6. The van der Waals surface area contributed by atoms with Crippen LogP contribution in [-0.4, -0.2) is 144 Å². The van der Waals surface area contributed by atoms with Crippen molar-refractivity contribution in [3.05, 3.63) is 103 Å². The zero-order valence-corrected chi connectivity index (χ0v) is 43.1. The van der Waals surface area contributed by atoms with Crippen LogP contribution in [0.2, 0.25) is 0 Å². The first-order chi connectivity index (χ1) is 37.9. The van der Waals surface area contributed by atoms with Crippen LogP contribution in [0.25, 0.3) is 89.7 Å². The number of nitrogens with one attached hydrogen (secondary N) is 2. The molecule has 13 rings (SSSR count). The van der Waals surface area contributed by atoms with Crippen LogP contribution in [0.1, 0.15) is 68.1 Å². The number of nitrogens with zero attached hydrogens (tertiary/aromatic N) is 9. The lowest BCUT2D eigenvalue weighted by molar-refractivity contribution is 0.0696. The number of aromatic nitrogens is 8. The maximum Gasteiger partial charge on any atom is 0.335 e. The third-order valence-corrected chi connectivity index (χ3v) is 15.4. The highest BCUT2D eigenvalue weighted by Crippen LogP contribution is 2.40. The molecule has 392 valence electrons. The number of benzene rings is 5. The van der Waals surface area contributed by atoms with E-state index in [2.05, 4.69) is 24.7 Å². The van der Waals surface area contributed by atoms with E-state index in [0.29, 0.717) is 88.3 Å². The Labute approximate surface area is 445 Å². The molecule has 8 heterocycles. The van der Waals surface area contributed by atoms with E-state index in [1.54, 1.807) is 12.1 Å². The van der Waals surface area contributed by atoms with Crippen LogP contribution < -0.4 is 18.9 Å². The fraction of sp³-hybridized carbons (Fsp3) is 0.350. The SMILES string of the molecule is O=C(O)c1ccc(Oc2ccc3c4nc5nc(nc6[nH]c(nc7nc(nc([nH]4)c3c2)-c2cc(OCCN3CCCCC3)ccc2-7)c2cc(OCCN3CCCCC3)ccc62)-c2cc(OCCN3CCCCC3)ccc2-5)cc1. The molecule has 3 aromatic heterocycles. The van der Waals surface area contributed by atoms with Crippen LogP contribution in [0.5, 0.6) is 28.7 Å². The number of fused-ring (bicyclic) bond motifs is 20. The van der Waals surface area contributed by atoms with Gasteiger partial charge in [-0.3, -0.25) is 14.7 Å². The van der Waals surface area contributed by atoms with E-state index in [1.807, 2.05) is 72.8 Å². The number of carbonyl (C=O) groups is 1. The molecule has 3 N–H and O–H groups in total. The van der Waals surface area contributed by atoms with Crippen molar-refractivity contribution < 1.29 is 28.8 Å². The number of carboxylic acids is 1. The fourth-order valence-electron chi connectivity index (χ4n) is 11.3. The number of aromatic amines is 2. The summed E-state index contributed by atoms with van der Waals surface area (Å²) in [6.07, 6.45) is 11.2. The minimum absolute atomic E-state index is 0.167. The Hall–Kier alpha value is -7.99. The minimum atomic E-state index is -1.01. The number of carboxylic acid groups (broad SMARTS) is 1. The van der Waals surface area contributed by atoms with Crippen LogP contribution in [0.4, 0.5) is 0 Å². The molecule has 0 unspecified atom stereocenters. The molecule has 0 radical (unpaired) electrons. The van der Waals surface area contributed by atoms with E-state index in [9.17, 15) is 9.90 Å². The topological polar surface area (TPSA) is 193 Å². The molecule has 0 atom stereocenters. The van der Waals surface area contributed by atoms with E-state index < -0.39 is 5.97 Å². The number of H-pyrrole nitrogens is 2. The van der Waals surface area contributed by atoms with Gasteiger partial charge in [0, 0.05) is 63.4 Å². The maximum atomic E-state index is 11.6. The first-order valence-corrected chi connectivity index (χ1v) is 27.4. The molecule has 8 bridgehead atoms. The molecule has 5 aromatic carbocycles. The summed E-state index contributed by atoms with van der Waals surface area (Å²) in [5, 5.41) is 12.7. The molecule has 0 amide bonds. The predicted octanol–water partition coefficient (Wildman–Crippen LogP) is 11.0. The summed E-state index contributed by atoms with van der Waals surface area (Å²) in [7, 11) is 0. The molecule has 3 fully saturated rings. The molecule has 8 aromatic rings. The smallest absolute Gasteiger partial charge is 0.335 e. The van der Waals surface area contributed by atoms with Gasteiger partial charge in [0.05, 0.1) is 5.56 Å². The number of aromatic carboxylic acids is 1. The average molecular weight is 1030 g/mol. The molecule has 77 heavy (non-hydrogen) atoms. The summed E-state index contributed by atoms with van der Waals surface area (Å²) in [6, 6.07) is 30.1. The van der Waals surface area contributed by atoms with Crippen molar-refractivity contribution in [2.75, 3.05) is 78.7 Å². The highest BCUT2D eigenvalue weighted by atomic mass is 16.5. The summed E-state index contributed by atoms with van der Waals surface area (Å²) < 4.78 is 25.7. The van der Waals surface area contributed by atoms with Gasteiger partial charge in [-0.1, -0.05) is 19.3 Å². The van der Waals surface area contributed by atoms with Gasteiger partial charge in [0.25, 0.3) is 0 Å². The van der Waals surface area contributed by atoms with Crippen LogP contribution in [0.3, 0.4) is 0 Å². The molecular weight excluding hydrogens is 971 g/mol. The van der Waals surface area contributed by atoms with Crippen molar-refractivity contribution >= 4 is 50.1 Å². The standard InChI is InChI=1S/C60H61N11O6/c72-60(73)38-10-12-39(13-11-38)77-43-17-21-47-51(37-43)59-63-53(47)61-52-44-18-14-40(74-31-28-69-22-4-1-5-23-69)34-48(44)56(62-52)64-54-45-19-15-41(75-32-29-70-24-6-2-7-25-70)35-49(45)57(65-54)66-55-46-20-16-42(36-50(46)58(67-55)68-59)76-33-30-71-26-8-3-9-27-71/h10-21,34-37H,1-9,22-33H2,(H,72,73)(H2,61,62,63,64,65,66,67,68). The van der Waals surface area contributed by atoms with Gasteiger partial charge >= 0.3 is 5.97 Å². The second-order valence-corrected chi connectivity index (χ2v) is 20.6. The van der Waals surface area contributed by atoms with E-state index in [1.165, 1.54) is 69.9 Å². The van der Waals surface area contributed by atoms with E-state index in [4.69, 9.17) is 48.9 Å². The molecule has 0 saturated carbocycles. The van der Waals surface area contributed by atoms with Crippen molar-refractivity contribution in [3.63, 3.8) is 0 Å². The van der Waals surface area contributed by atoms with Crippen LogP contribution in [0, 0.1) is 0 Å². The van der Waals surface area contributed by atoms with Crippen molar-refractivity contribution in [2.45, 2.75) is 57.8 Å². The number of piperidine rings is 3. The van der Waals surface area contributed by atoms with Gasteiger partial charge in [-0.2, -0.15) is 0 Å². The number of hydrogen-bond donors (Lipinski definition) is 3. The van der Waals surface area contributed by atoms with Gasteiger partial charge in [0.1, 0.15) is 71.2 Å². The highest BCUT2D eigenvalue weighted by molar-refractivity contribution is 6.07. The van der Waals surface area contributed by atoms with Crippen LogP contribution in [-0.2, 0) is 0 Å².